The summed E-state index contributed by atoms with van der Waals surface area (Å²) in [5.74, 6) is -0.556. The van der Waals surface area contributed by atoms with Crippen LogP contribution in [-0.4, -0.2) is 30.8 Å². The van der Waals surface area contributed by atoms with Gasteiger partial charge >= 0.3 is 5.97 Å². The molecule has 0 heterocycles. The van der Waals surface area contributed by atoms with Gasteiger partial charge in [-0.25, -0.2) is 5.43 Å². The van der Waals surface area contributed by atoms with Gasteiger partial charge in [-0.15, -0.1) is 0 Å². The summed E-state index contributed by atoms with van der Waals surface area (Å²) >= 11 is 0. The Labute approximate surface area is 153 Å². The number of nitrogens with one attached hydrogen (secondary N) is 1. The molecule has 0 spiro atoms. The first-order valence-electron chi connectivity index (χ1n) is 8.67. The molecule has 0 aliphatic carbocycles. The maximum atomic E-state index is 12.0. The summed E-state index contributed by atoms with van der Waals surface area (Å²) in [5.41, 5.74) is 2.93. The van der Waals surface area contributed by atoms with E-state index < -0.39 is 11.8 Å². The van der Waals surface area contributed by atoms with Crippen LogP contribution in [0.3, 0.4) is 0 Å². The molecule has 0 fully saturated rings. The monoisotopic (exact) mass is 356 g/mol. The average molecular weight is 356 g/mol. The van der Waals surface area contributed by atoms with Crippen molar-refractivity contribution in [3.8, 4) is 5.75 Å². The SMILES string of the molecule is CCOC(=O)C(CC)/C(C)=N\NC(=O)COc1cccc2ccccc12. The van der Waals surface area contributed by atoms with Crippen molar-refractivity contribution in [3.05, 3.63) is 42.5 Å². The molecule has 0 bridgehead atoms. The van der Waals surface area contributed by atoms with E-state index in [-0.39, 0.29) is 12.6 Å². The highest BCUT2D eigenvalue weighted by molar-refractivity contribution is 6.01. The average Bonchev–Trinajstić information content (AvgIpc) is 2.65. The Morgan fingerprint density at radius 1 is 1.12 bits per heavy atom. The molecule has 0 aromatic heterocycles. The van der Waals surface area contributed by atoms with E-state index in [0.717, 1.165) is 10.8 Å². The number of rotatable bonds is 8. The Kier molecular flexibility index (Phi) is 7.14. The Hall–Kier alpha value is -2.89. The van der Waals surface area contributed by atoms with Gasteiger partial charge in [0.25, 0.3) is 5.91 Å². The lowest BCUT2D eigenvalue weighted by Gasteiger charge is -2.13. The number of hydrogen-bond donors (Lipinski definition) is 1. The van der Waals surface area contributed by atoms with Gasteiger partial charge in [0.15, 0.2) is 6.61 Å². The fourth-order valence-corrected chi connectivity index (χ4v) is 2.60. The number of hydrogen-bond acceptors (Lipinski definition) is 5. The van der Waals surface area contributed by atoms with Crippen LogP contribution in [0.2, 0.25) is 0 Å². The largest absolute Gasteiger partial charge is 0.483 e. The summed E-state index contributed by atoms with van der Waals surface area (Å²) in [6.07, 6.45) is 0.552. The molecule has 0 radical (unpaired) electrons. The maximum absolute atomic E-state index is 12.0. The normalized spacial score (nSPS) is 12.5. The molecule has 1 unspecified atom stereocenters. The van der Waals surface area contributed by atoms with Gasteiger partial charge < -0.3 is 9.47 Å². The summed E-state index contributed by atoms with van der Waals surface area (Å²) in [4.78, 5) is 23.9. The molecule has 2 aromatic carbocycles. The van der Waals surface area contributed by atoms with E-state index >= 15 is 0 Å². The van der Waals surface area contributed by atoms with E-state index in [1.165, 1.54) is 0 Å². The lowest BCUT2D eigenvalue weighted by Crippen LogP contribution is -2.29. The van der Waals surface area contributed by atoms with Gasteiger partial charge in [-0.2, -0.15) is 5.10 Å². The van der Waals surface area contributed by atoms with Crippen molar-refractivity contribution >= 4 is 28.4 Å². The van der Waals surface area contributed by atoms with Gasteiger partial charge in [0.1, 0.15) is 5.75 Å². The van der Waals surface area contributed by atoms with Crippen molar-refractivity contribution in [2.24, 2.45) is 11.0 Å². The minimum atomic E-state index is -0.464. The highest BCUT2D eigenvalue weighted by Gasteiger charge is 2.21. The lowest BCUT2D eigenvalue weighted by atomic mass is 10.0. The molecule has 2 aromatic rings. The van der Waals surface area contributed by atoms with Crippen molar-refractivity contribution in [2.45, 2.75) is 27.2 Å². The molecule has 2 rings (SSSR count). The molecule has 0 aliphatic heterocycles. The number of nitrogens with zero attached hydrogens (tertiary/aromatic N) is 1. The summed E-state index contributed by atoms with van der Waals surface area (Å²) in [5, 5.41) is 5.99. The summed E-state index contributed by atoms with van der Waals surface area (Å²) in [6.45, 7) is 5.46. The predicted molar refractivity (Wildman–Crippen MR) is 101 cm³/mol. The maximum Gasteiger partial charge on any atom is 0.314 e. The Balaban J connectivity index is 1.94. The molecule has 0 saturated heterocycles. The van der Waals surface area contributed by atoms with Crippen molar-refractivity contribution in [1.29, 1.82) is 0 Å². The fourth-order valence-electron chi connectivity index (χ4n) is 2.60. The number of hydrazone groups is 1. The third-order valence-corrected chi connectivity index (χ3v) is 3.95. The smallest absolute Gasteiger partial charge is 0.314 e. The summed E-state index contributed by atoms with van der Waals surface area (Å²) < 4.78 is 10.6. The van der Waals surface area contributed by atoms with Gasteiger partial charge in [-0.3, -0.25) is 9.59 Å². The molecule has 1 N–H and O–H groups in total. The van der Waals surface area contributed by atoms with Crippen LogP contribution in [0.4, 0.5) is 0 Å². The third-order valence-electron chi connectivity index (χ3n) is 3.95. The fraction of sp³-hybridized carbons (Fsp3) is 0.350. The second-order valence-electron chi connectivity index (χ2n) is 5.77. The minimum absolute atomic E-state index is 0.166. The lowest BCUT2D eigenvalue weighted by molar-refractivity contribution is -0.145. The summed E-state index contributed by atoms with van der Waals surface area (Å²) in [6, 6.07) is 13.5. The second kappa shape index (κ2) is 9.56. The Bertz CT molecular complexity index is 796. The molecule has 1 atom stereocenters. The van der Waals surface area contributed by atoms with Gasteiger partial charge in [0, 0.05) is 11.1 Å². The predicted octanol–water partition coefficient (Wildman–Crippen LogP) is 3.30. The molecule has 0 saturated carbocycles. The van der Waals surface area contributed by atoms with Crippen LogP contribution in [0.25, 0.3) is 10.8 Å². The number of carbonyl (C=O) groups is 2. The van der Waals surface area contributed by atoms with Crippen LogP contribution in [0, 0.1) is 5.92 Å². The van der Waals surface area contributed by atoms with Crippen LogP contribution < -0.4 is 10.2 Å². The van der Waals surface area contributed by atoms with Gasteiger partial charge in [0.05, 0.1) is 12.5 Å². The van der Waals surface area contributed by atoms with Crippen LogP contribution >= 0.6 is 0 Å². The van der Waals surface area contributed by atoms with E-state index in [1.54, 1.807) is 13.8 Å². The van der Waals surface area contributed by atoms with Crippen LogP contribution in [0.1, 0.15) is 27.2 Å². The van der Waals surface area contributed by atoms with Gasteiger partial charge in [0.2, 0.25) is 0 Å². The number of carbonyl (C=O) groups excluding carboxylic acids is 2. The molecule has 0 aliphatic rings. The van der Waals surface area contributed by atoms with Crippen molar-refractivity contribution in [1.82, 2.24) is 5.43 Å². The quantitative estimate of drug-likeness (QED) is 0.447. The van der Waals surface area contributed by atoms with Crippen molar-refractivity contribution in [2.75, 3.05) is 13.2 Å². The minimum Gasteiger partial charge on any atom is -0.483 e. The number of esters is 1. The molecular formula is C20H24N2O4. The van der Waals surface area contributed by atoms with Gasteiger partial charge in [-0.1, -0.05) is 43.3 Å². The van der Waals surface area contributed by atoms with E-state index in [4.69, 9.17) is 9.47 Å². The first-order chi connectivity index (χ1) is 12.6. The number of ether oxygens (including phenoxy) is 2. The second-order valence-corrected chi connectivity index (χ2v) is 5.77. The zero-order chi connectivity index (χ0) is 18.9. The van der Waals surface area contributed by atoms with Crippen molar-refractivity contribution in [3.63, 3.8) is 0 Å². The first-order valence-corrected chi connectivity index (χ1v) is 8.67. The van der Waals surface area contributed by atoms with E-state index in [9.17, 15) is 9.59 Å². The van der Waals surface area contributed by atoms with Crippen LogP contribution in [0.15, 0.2) is 47.6 Å². The topological polar surface area (TPSA) is 77.0 Å². The molecule has 6 nitrogen and oxygen atoms in total. The Morgan fingerprint density at radius 2 is 1.85 bits per heavy atom. The Morgan fingerprint density at radius 3 is 2.58 bits per heavy atom. The van der Waals surface area contributed by atoms with E-state index in [0.29, 0.717) is 24.5 Å². The molecule has 6 heteroatoms. The number of benzene rings is 2. The molecule has 26 heavy (non-hydrogen) atoms. The molecule has 138 valence electrons. The standard InChI is InChI=1S/C20H24N2O4/c1-4-16(20(24)25-5-2)14(3)21-22-19(23)13-26-18-12-8-10-15-9-6-7-11-17(15)18/h6-12,16H,4-5,13H2,1-3H3,(H,22,23)/b21-14-. The summed E-state index contributed by atoms with van der Waals surface area (Å²) in [7, 11) is 0. The first kappa shape index (κ1) is 19.4. The highest BCUT2D eigenvalue weighted by Crippen LogP contribution is 2.24. The zero-order valence-corrected chi connectivity index (χ0v) is 15.3. The third kappa shape index (κ3) is 5.05. The zero-order valence-electron chi connectivity index (χ0n) is 15.3. The van der Waals surface area contributed by atoms with E-state index in [1.807, 2.05) is 49.4 Å². The van der Waals surface area contributed by atoms with Crippen LogP contribution in [0.5, 0.6) is 5.75 Å². The molecule has 1 amide bonds. The van der Waals surface area contributed by atoms with E-state index in [2.05, 4.69) is 10.5 Å². The molecular weight excluding hydrogens is 332 g/mol. The van der Waals surface area contributed by atoms with Crippen molar-refractivity contribution < 1.29 is 19.1 Å². The number of amides is 1. The number of fused-ring (bicyclic) bond motifs is 1. The van der Waals surface area contributed by atoms with Gasteiger partial charge in [-0.05, 0) is 31.7 Å². The van der Waals surface area contributed by atoms with Crippen LogP contribution in [-0.2, 0) is 14.3 Å². The highest BCUT2D eigenvalue weighted by atomic mass is 16.5.